The lowest BCUT2D eigenvalue weighted by atomic mass is 9.99. The van der Waals surface area contributed by atoms with Crippen LogP contribution in [0.2, 0.25) is 0 Å². The first-order valence-corrected chi connectivity index (χ1v) is 7.03. The number of thiocarbonyl (C=S) groups is 1. The third-order valence-electron chi connectivity index (χ3n) is 3.35. The van der Waals surface area contributed by atoms with Crippen molar-refractivity contribution in [2.45, 2.75) is 32.4 Å². The van der Waals surface area contributed by atoms with Gasteiger partial charge in [-0.1, -0.05) is 42.5 Å². The summed E-state index contributed by atoms with van der Waals surface area (Å²) in [5.41, 5.74) is 6.84. The predicted molar refractivity (Wildman–Crippen MR) is 85.0 cm³/mol. The largest absolute Gasteiger partial charge is 0.393 e. The number of hydrogen-bond acceptors (Lipinski definition) is 2. The summed E-state index contributed by atoms with van der Waals surface area (Å²) in [7, 11) is 0. The molecule has 0 radical (unpaired) electrons. The second-order valence-electron chi connectivity index (χ2n) is 5.10. The minimum atomic E-state index is -0.132. The molecule has 1 heterocycles. The van der Waals surface area contributed by atoms with Gasteiger partial charge in [-0.15, -0.1) is 0 Å². The lowest BCUT2D eigenvalue weighted by molar-refractivity contribution is 0.545. The summed E-state index contributed by atoms with van der Waals surface area (Å²) in [4.78, 5) is 12.6. The number of aromatic nitrogens is 2. The molecule has 0 aliphatic rings. The molecule has 1 unspecified atom stereocenters. The van der Waals surface area contributed by atoms with E-state index in [4.69, 9.17) is 18.0 Å². The number of rotatable bonds is 5. The Balaban J connectivity index is 2.31. The Bertz CT molecular complexity index is 643. The average molecular weight is 289 g/mol. The van der Waals surface area contributed by atoms with Crippen molar-refractivity contribution in [3.8, 4) is 0 Å². The van der Waals surface area contributed by atoms with Crippen molar-refractivity contribution in [1.82, 2.24) is 9.13 Å². The van der Waals surface area contributed by atoms with Gasteiger partial charge in [-0.25, -0.2) is 4.79 Å². The predicted octanol–water partition coefficient (Wildman–Crippen LogP) is 2.30. The third-order valence-corrected chi connectivity index (χ3v) is 3.64. The van der Waals surface area contributed by atoms with Crippen molar-refractivity contribution >= 4 is 17.2 Å². The van der Waals surface area contributed by atoms with E-state index in [9.17, 15) is 4.79 Å². The molecule has 0 fully saturated rings. The van der Waals surface area contributed by atoms with Crippen LogP contribution in [-0.2, 0) is 6.54 Å². The summed E-state index contributed by atoms with van der Waals surface area (Å²) >= 11 is 5.16. The van der Waals surface area contributed by atoms with Gasteiger partial charge in [0.15, 0.2) is 0 Å². The van der Waals surface area contributed by atoms with Gasteiger partial charge >= 0.3 is 5.69 Å². The first kappa shape index (κ1) is 14.5. The highest BCUT2D eigenvalue weighted by Gasteiger charge is 2.17. The van der Waals surface area contributed by atoms with Gasteiger partial charge in [0.05, 0.1) is 10.9 Å². The van der Waals surface area contributed by atoms with Crippen LogP contribution in [0.3, 0.4) is 0 Å². The van der Waals surface area contributed by atoms with Gasteiger partial charge in [0.25, 0.3) is 0 Å². The van der Waals surface area contributed by atoms with Crippen molar-refractivity contribution in [3.63, 3.8) is 0 Å². The van der Waals surface area contributed by atoms with Gasteiger partial charge in [0, 0.05) is 25.0 Å². The molecule has 2 rings (SSSR count). The van der Waals surface area contributed by atoms with Gasteiger partial charge in [-0.05, 0) is 19.4 Å². The van der Waals surface area contributed by atoms with Gasteiger partial charge < -0.3 is 5.73 Å². The van der Waals surface area contributed by atoms with Crippen LogP contribution in [0.4, 0.5) is 0 Å². The maximum absolute atomic E-state index is 12.2. The molecular formula is C15H19N3OS. The maximum Gasteiger partial charge on any atom is 0.328 e. The first-order valence-electron chi connectivity index (χ1n) is 6.62. The van der Waals surface area contributed by atoms with Crippen LogP contribution in [-0.4, -0.2) is 14.1 Å². The van der Waals surface area contributed by atoms with Crippen LogP contribution < -0.4 is 11.4 Å². The van der Waals surface area contributed by atoms with E-state index < -0.39 is 0 Å². The molecule has 1 atom stereocenters. The van der Waals surface area contributed by atoms with Crippen LogP contribution in [0.1, 0.15) is 31.4 Å². The van der Waals surface area contributed by atoms with E-state index in [1.54, 1.807) is 21.5 Å². The zero-order valence-electron chi connectivity index (χ0n) is 11.7. The molecule has 2 aromatic rings. The van der Waals surface area contributed by atoms with Gasteiger partial charge in [0.1, 0.15) is 0 Å². The Morgan fingerprint density at radius 1 is 1.25 bits per heavy atom. The summed E-state index contributed by atoms with van der Waals surface area (Å²) in [5, 5.41) is 0. The SMILES string of the molecule is CC(C)n1ccn(CC(C(N)=S)c2ccccc2)c1=O. The summed E-state index contributed by atoms with van der Waals surface area (Å²) in [6.07, 6.45) is 3.59. The molecule has 0 saturated carbocycles. The highest BCUT2D eigenvalue weighted by molar-refractivity contribution is 7.80. The Morgan fingerprint density at radius 3 is 2.40 bits per heavy atom. The molecule has 0 amide bonds. The molecule has 0 bridgehead atoms. The second-order valence-corrected chi connectivity index (χ2v) is 5.57. The highest BCUT2D eigenvalue weighted by atomic mass is 32.1. The fourth-order valence-corrected chi connectivity index (χ4v) is 2.41. The summed E-state index contributed by atoms with van der Waals surface area (Å²) in [5.74, 6) is -0.132. The smallest absolute Gasteiger partial charge is 0.328 e. The van der Waals surface area contributed by atoms with E-state index in [1.807, 2.05) is 44.2 Å². The lowest BCUT2D eigenvalue weighted by Gasteiger charge is -2.16. The summed E-state index contributed by atoms with van der Waals surface area (Å²) in [6, 6.07) is 9.94. The number of nitrogens with zero attached hydrogens (tertiary/aromatic N) is 2. The molecule has 2 N–H and O–H groups in total. The molecule has 20 heavy (non-hydrogen) atoms. The van der Waals surface area contributed by atoms with Crippen molar-refractivity contribution in [2.24, 2.45) is 5.73 Å². The van der Waals surface area contributed by atoms with Crippen LogP contribution in [0, 0.1) is 0 Å². The Kier molecular flexibility index (Phi) is 4.39. The van der Waals surface area contributed by atoms with Gasteiger partial charge in [0.2, 0.25) is 0 Å². The summed E-state index contributed by atoms with van der Waals surface area (Å²) in [6.45, 7) is 4.43. The molecule has 0 aliphatic carbocycles. The molecule has 1 aromatic carbocycles. The van der Waals surface area contributed by atoms with E-state index in [0.717, 1.165) is 5.56 Å². The number of imidazole rings is 1. The standard InChI is InChI=1S/C15H19N3OS/c1-11(2)18-9-8-17(15(18)19)10-13(14(16)20)12-6-4-3-5-7-12/h3-9,11,13H,10H2,1-2H3,(H2,16,20). The molecule has 1 aromatic heterocycles. The quantitative estimate of drug-likeness (QED) is 0.859. The minimum absolute atomic E-state index is 0.0304. The van der Waals surface area contributed by atoms with Crippen LogP contribution >= 0.6 is 12.2 Å². The molecule has 5 heteroatoms. The van der Waals surface area contributed by atoms with Crippen molar-refractivity contribution < 1.29 is 0 Å². The van der Waals surface area contributed by atoms with Crippen LogP contribution in [0.5, 0.6) is 0 Å². The number of nitrogens with two attached hydrogens (primary N) is 1. The van der Waals surface area contributed by atoms with E-state index in [1.165, 1.54) is 0 Å². The van der Waals surface area contributed by atoms with Gasteiger partial charge in [-0.2, -0.15) is 0 Å². The fourth-order valence-electron chi connectivity index (χ4n) is 2.20. The van der Waals surface area contributed by atoms with E-state index >= 15 is 0 Å². The van der Waals surface area contributed by atoms with Crippen molar-refractivity contribution in [2.75, 3.05) is 0 Å². The Morgan fingerprint density at radius 2 is 1.90 bits per heavy atom. The Hall–Kier alpha value is -1.88. The van der Waals surface area contributed by atoms with Crippen LogP contribution in [0.25, 0.3) is 0 Å². The summed E-state index contributed by atoms with van der Waals surface area (Å²) < 4.78 is 3.36. The van der Waals surface area contributed by atoms with E-state index in [0.29, 0.717) is 11.5 Å². The first-order chi connectivity index (χ1) is 9.50. The normalized spacial score (nSPS) is 12.6. The molecule has 4 nitrogen and oxygen atoms in total. The molecule has 106 valence electrons. The average Bonchev–Trinajstić information content (AvgIpc) is 2.78. The second kappa shape index (κ2) is 6.05. The third kappa shape index (κ3) is 2.99. The van der Waals surface area contributed by atoms with E-state index in [-0.39, 0.29) is 17.6 Å². The maximum atomic E-state index is 12.2. The zero-order chi connectivity index (χ0) is 14.7. The number of benzene rings is 1. The zero-order valence-corrected chi connectivity index (χ0v) is 12.5. The highest BCUT2D eigenvalue weighted by Crippen LogP contribution is 2.18. The van der Waals surface area contributed by atoms with E-state index in [2.05, 4.69) is 0 Å². The molecule has 0 aliphatic heterocycles. The monoisotopic (exact) mass is 289 g/mol. The molecular weight excluding hydrogens is 270 g/mol. The minimum Gasteiger partial charge on any atom is -0.393 e. The fraction of sp³-hybridized carbons (Fsp3) is 0.333. The van der Waals surface area contributed by atoms with Crippen molar-refractivity contribution in [1.29, 1.82) is 0 Å². The molecule has 0 spiro atoms. The topological polar surface area (TPSA) is 52.9 Å². The number of hydrogen-bond donors (Lipinski definition) is 1. The van der Waals surface area contributed by atoms with Crippen molar-refractivity contribution in [3.05, 3.63) is 58.8 Å². The van der Waals surface area contributed by atoms with Crippen LogP contribution in [0.15, 0.2) is 47.5 Å². The van der Waals surface area contributed by atoms with Gasteiger partial charge in [-0.3, -0.25) is 9.13 Å². The Labute approximate surface area is 123 Å². The molecule has 0 saturated heterocycles. The lowest BCUT2D eigenvalue weighted by Crippen LogP contribution is -2.30.